The third-order valence-corrected chi connectivity index (χ3v) is 4.03. The summed E-state index contributed by atoms with van der Waals surface area (Å²) in [4.78, 5) is 28.4. The molecule has 2 aromatic rings. The minimum Gasteiger partial charge on any atom is -0.733 e. The Bertz CT molecular complexity index is 977. The van der Waals surface area contributed by atoms with Crippen LogP contribution in [0.2, 0.25) is 0 Å². The van der Waals surface area contributed by atoms with Crippen LogP contribution in [0.15, 0.2) is 53.5 Å². The van der Waals surface area contributed by atoms with Crippen LogP contribution in [-0.4, -0.2) is 29.0 Å². The van der Waals surface area contributed by atoms with Crippen molar-refractivity contribution in [1.29, 1.82) is 0 Å². The van der Waals surface area contributed by atoms with Gasteiger partial charge in [-0.25, -0.2) is 4.99 Å². The van der Waals surface area contributed by atoms with Crippen molar-refractivity contribution in [2.45, 2.75) is 18.6 Å². The summed E-state index contributed by atoms with van der Waals surface area (Å²) in [6.07, 6.45) is -4.80. The number of carbonyl (C=O) groups is 2. The summed E-state index contributed by atoms with van der Waals surface area (Å²) in [6, 6.07) is 8.43. The molecule has 0 radical (unpaired) electrons. The number of guanidine groups is 1. The molecule has 0 bridgehead atoms. The minimum atomic E-state index is -4.54. The number of benzene rings is 2. The monoisotopic (exact) mass is 422 g/mol. The lowest BCUT2D eigenvalue weighted by Gasteiger charge is -2.22. The van der Waals surface area contributed by atoms with Crippen LogP contribution in [0.5, 0.6) is 0 Å². The first kappa shape index (κ1) is 21.1. The Morgan fingerprint density at radius 1 is 1.20 bits per heavy atom. The average Bonchev–Trinajstić information content (AvgIpc) is 2.67. The van der Waals surface area contributed by atoms with Gasteiger partial charge < -0.3 is 21.1 Å². The molecule has 3 rings (SSSR count). The Kier molecular flexibility index (Phi) is 5.89. The molecule has 30 heavy (non-hydrogen) atoms. The van der Waals surface area contributed by atoms with Gasteiger partial charge in [0.15, 0.2) is 0 Å². The summed E-state index contributed by atoms with van der Waals surface area (Å²) in [5, 5.41) is 26.7. The zero-order valence-corrected chi connectivity index (χ0v) is 15.1. The van der Waals surface area contributed by atoms with E-state index < -0.39 is 29.6 Å². The lowest BCUT2D eigenvalue weighted by Crippen LogP contribution is -2.45. The SMILES string of the molecule is O=C1C[C@H](C(=O)Nc2ccc(N([O-])O)cc2)N=C(Nc2cccc(C(F)(F)F)c2)N1. The quantitative estimate of drug-likeness (QED) is 0.561. The first-order chi connectivity index (χ1) is 14.1. The molecule has 9 nitrogen and oxygen atoms in total. The first-order valence-corrected chi connectivity index (χ1v) is 8.51. The van der Waals surface area contributed by atoms with Crippen molar-refractivity contribution in [3.63, 3.8) is 0 Å². The number of anilines is 3. The Morgan fingerprint density at radius 3 is 2.53 bits per heavy atom. The van der Waals surface area contributed by atoms with Crippen LogP contribution in [0.1, 0.15) is 12.0 Å². The van der Waals surface area contributed by atoms with Gasteiger partial charge in [0, 0.05) is 11.4 Å². The Balaban J connectivity index is 1.72. The van der Waals surface area contributed by atoms with Crippen LogP contribution >= 0.6 is 0 Å². The first-order valence-electron chi connectivity index (χ1n) is 8.51. The highest BCUT2D eigenvalue weighted by molar-refractivity contribution is 6.10. The van der Waals surface area contributed by atoms with Crippen LogP contribution in [0.25, 0.3) is 0 Å². The Labute approximate surface area is 167 Å². The molecule has 2 aromatic carbocycles. The molecular formula is C18H15F3N5O4-. The van der Waals surface area contributed by atoms with Crippen LogP contribution in [0.4, 0.5) is 30.2 Å². The van der Waals surface area contributed by atoms with Gasteiger partial charge in [-0.15, -0.1) is 0 Å². The van der Waals surface area contributed by atoms with Gasteiger partial charge in [0.2, 0.25) is 17.8 Å². The highest BCUT2D eigenvalue weighted by atomic mass is 19.4. The van der Waals surface area contributed by atoms with E-state index >= 15 is 0 Å². The second-order valence-electron chi connectivity index (χ2n) is 6.26. The number of nitrogens with zero attached hydrogens (tertiary/aromatic N) is 2. The number of nitrogens with one attached hydrogen (secondary N) is 3. The molecule has 0 saturated heterocycles. The molecular weight excluding hydrogens is 407 g/mol. The number of hydrogen-bond donors (Lipinski definition) is 4. The maximum atomic E-state index is 12.8. The number of carbonyl (C=O) groups excluding carboxylic acids is 2. The highest BCUT2D eigenvalue weighted by Crippen LogP contribution is 2.30. The smallest absolute Gasteiger partial charge is 0.416 e. The van der Waals surface area contributed by atoms with Gasteiger partial charge in [-0.2, -0.15) is 13.2 Å². The third-order valence-electron chi connectivity index (χ3n) is 4.03. The van der Waals surface area contributed by atoms with Crippen molar-refractivity contribution < 1.29 is 28.0 Å². The van der Waals surface area contributed by atoms with E-state index in [1.54, 1.807) is 0 Å². The van der Waals surface area contributed by atoms with Crippen molar-refractivity contribution >= 4 is 34.8 Å². The van der Waals surface area contributed by atoms with E-state index in [0.717, 1.165) is 12.1 Å². The van der Waals surface area contributed by atoms with Gasteiger partial charge in [-0.05, 0) is 42.5 Å². The normalized spacial score (nSPS) is 16.4. The van der Waals surface area contributed by atoms with Gasteiger partial charge in [0.25, 0.3) is 0 Å². The van der Waals surface area contributed by atoms with Gasteiger partial charge in [0.1, 0.15) is 6.04 Å². The predicted molar refractivity (Wildman–Crippen MR) is 102 cm³/mol. The predicted octanol–water partition coefficient (Wildman–Crippen LogP) is 2.69. The van der Waals surface area contributed by atoms with E-state index in [4.69, 9.17) is 5.21 Å². The van der Waals surface area contributed by atoms with Crippen LogP contribution < -0.4 is 21.2 Å². The fraction of sp³-hybridized carbons (Fsp3) is 0.167. The number of aliphatic imine (C=N–C) groups is 1. The number of halogens is 3. The van der Waals surface area contributed by atoms with Gasteiger partial charge in [0.05, 0.1) is 17.7 Å². The van der Waals surface area contributed by atoms with Gasteiger partial charge in [-0.3, -0.25) is 20.1 Å². The van der Waals surface area contributed by atoms with Gasteiger partial charge in [-0.1, -0.05) is 6.07 Å². The number of amides is 2. The lowest BCUT2D eigenvalue weighted by molar-refractivity contribution is -0.137. The van der Waals surface area contributed by atoms with Crippen molar-refractivity contribution in [2.24, 2.45) is 4.99 Å². The van der Waals surface area contributed by atoms with Crippen molar-refractivity contribution in [2.75, 3.05) is 15.9 Å². The molecule has 0 saturated carbocycles. The number of alkyl halides is 3. The molecule has 12 heteroatoms. The lowest BCUT2D eigenvalue weighted by atomic mass is 10.1. The van der Waals surface area contributed by atoms with Crippen LogP contribution in [0, 0.1) is 5.21 Å². The minimum absolute atomic E-state index is 0.0340. The molecule has 4 N–H and O–H groups in total. The Morgan fingerprint density at radius 2 is 1.90 bits per heavy atom. The van der Waals surface area contributed by atoms with Crippen molar-refractivity contribution in [3.8, 4) is 0 Å². The molecule has 0 aromatic heterocycles. The summed E-state index contributed by atoms with van der Waals surface area (Å²) in [5.74, 6) is -1.34. The standard InChI is InChI=1S/C18H15F3N5O4/c19-18(20,21)10-2-1-3-12(8-10)23-17-24-14(9-15(27)25-17)16(28)22-11-4-6-13(7-5-11)26(29)30/h1-8,14,29H,9H2,(H,22,28)(H2,23,24,25,27)/q-1/t14-/m1/s1. The molecule has 158 valence electrons. The maximum absolute atomic E-state index is 12.8. The second-order valence-corrected chi connectivity index (χ2v) is 6.26. The molecule has 0 fully saturated rings. The van der Waals surface area contributed by atoms with E-state index in [0.29, 0.717) is 5.69 Å². The van der Waals surface area contributed by atoms with Gasteiger partial charge >= 0.3 is 6.18 Å². The van der Waals surface area contributed by atoms with E-state index in [1.165, 1.54) is 36.4 Å². The molecule has 1 aliphatic rings. The summed E-state index contributed by atoms with van der Waals surface area (Å²) >= 11 is 0. The molecule has 1 heterocycles. The van der Waals surface area contributed by atoms with E-state index in [1.807, 2.05) is 0 Å². The van der Waals surface area contributed by atoms with E-state index in [9.17, 15) is 28.0 Å². The molecule has 2 amide bonds. The zero-order valence-electron chi connectivity index (χ0n) is 15.1. The summed E-state index contributed by atoms with van der Waals surface area (Å²) in [5.41, 5.74) is -0.603. The summed E-state index contributed by atoms with van der Waals surface area (Å²) in [6.45, 7) is 0. The van der Waals surface area contributed by atoms with Crippen molar-refractivity contribution in [3.05, 3.63) is 59.3 Å². The summed E-state index contributed by atoms with van der Waals surface area (Å²) < 4.78 is 38.5. The highest BCUT2D eigenvalue weighted by Gasteiger charge is 2.31. The fourth-order valence-corrected chi connectivity index (χ4v) is 2.62. The Hall–Kier alpha value is -3.64. The molecule has 0 unspecified atom stereocenters. The topological polar surface area (TPSA) is 129 Å². The third kappa shape index (κ3) is 5.24. The van der Waals surface area contributed by atoms with E-state index in [-0.39, 0.29) is 29.0 Å². The largest absolute Gasteiger partial charge is 0.733 e. The molecule has 0 aliphatic carbocycles. The van der Waals surface area contributed by atoms with Crippen LogP contribution in [-0.2, 0) is 15.8 Å². The maximum Gasteiger partial charge on any atom is 0.416 e. The molecule has 1 aliphatic heterocycles. The second kappa shape index (κ2) is 8.39. The molecule has 0 spiro atoms. The average molecular weight is 422 g/mol. The summed E-state index contributed by atoms with van der Waals surface area (Å²) in [7, 11) is 0. The zero-order chi connectivity index (χ0) is 21.9. The number of hydrogen-bond acceptors (Lipinski definition) is 7. The number of rotatable bonds is 4. The fourth-order valence-electron chi connectivity index (χ4n) is 2.62. The van der Waals surface area contributed by atoms with Crippen LogP contribution in [0.3, 0.4) is 0 Å². The van der Waals surface area contributed by atoms with Crippen molar-refractivity contribution in [1.82, 2.24) is 5.32 Å². The molecule has 1 atom stereocenters. The van der Waals surface area contributed by atoms with E-state index in [2.05, 4.69) is 20.9 Å².